The van der Waals surface area contributed by atoms with Crippen LogP contribution < -0.4 is 10.6 Å². The normalized spacial score (nSPS) is 10.9. The summed E-state index contributed by atoms with van der Waals surface area (Å²) in [7, 11) is 3.52. The molecule has 1 heterocycles. The molecular formula is C19H29IN6O. The molecule has 27 heavy (non-hydrogen) atoms. The van der Waals surface area contributed by atoms with E-state index in [9.17, 15) is 4.79 Å². The number of halogens is 1. The Kier molecular flexibility index (Phi) is 10.5. The Morgan fingerprint density at radius 2 is 2.11 bits per heavy atom. The summed E-state index contributed by atoms with van der Waals surface area (Å²) in [5.74, 6) is 0.818. The molecule has 1 aromatic heterocycles. The molecule has 8 heteroatoms. The van der Waals surface area contributed by atoms with E-state index >= 15 is 0 Å². The Morgan fingerprint density at radius 1 is 1.30 bits per heavy atom. The van der Waals surface area contributed by atoms with E-state index in [-0.39, 0.29) is 29.9 Å². The number of nitrogens with zero attached hydrogens (tertiary/aromatic N) is 4. The summed E-state index contributed by atoms with van der Waals surface area (Å²) < 4.78 is 2.02. The van der Waals surface area contributed by atoms with Crippen LogP contribution >= 0.6 is 24.0 Å². The van der Waals surface area contributed by atoms with Crippen molar-refractivity contribution in [2.75, 3.05) is 33.7 Å². The van der Waals surface area contributed by atoms with Crippen LogP contribution in [0, 0.1) is 0 Å². The lowest BCUT2D eigenvalue weighted by Crippen LogP contribution is -2.39. The van der Waals surface area contributed by atoms with Gasteiger partial charge in [0.2, 0.25) is 0 Å². The van der Waals surface area contributed by atoms with Crippen LogP contribution in [0.3, 0.4) is 0 Å². The minimum absolute atomic E-state index is 0. The van der Waals surface area contributed by atoms with Crippen LogP contribution in [-0.2, 0) is 13.0 Å². The molecule has 0 aliphatic carbocycles. The maximum Gasteiger partial charge on any atom is 0.253 e. The largest absolute Gasteiger partial charge is 0.357 e. The fourth-order valence-electron chi connectivity index (χ4n) is 2.48. The molecule has 2 aromatic rings. The molecule has 148 valence electrons. The molecule has 0 aliphatic rings. The molecule has 7 nitrogen and oxygen atoms in total. The molecule has 0 bridgehead atoms. The molecule has 0 aliphatic heterocycles. The Bertz CT molecular complexity index is 715. The molecule has 0 atom stereocenters. The van der Waals surface area contributed by atoms with E-state index in [1.165, 1.54) is 0 Å². The third kappa shape index (κ3) is 7.98. The van der Waals surface area contributed by atoms with Crippen LogP contribution in [0.1, 0.15) is 22.8 Å². The Balaban J connectivity index is 0.00000364. The van der Waals surface area contributed by atoms with Gasteiger partial charge in [0, 0.05) is 58.2 Å². The van der Waals surface area contributed by atoms with Crippen LogP contribution in [0.4, 0.5) is 0 Å². The summed E-state index contributed by atoms with van der Waals surface area (Å²) in [6.45, 7) is 5.11. The summed E-state index contributed by atoms with van der Waals surface area (Å²) in [5, 5.41) is 6.57. The zero-order valence-corrected chi connectivity index (χ0v) is 18.5. The van der Waals surface area contributed by atoms with E-state index in [4.69, 9.17) is 0 Å². The molecule has 0 unspecified atom stereocenters. The van der Waals surface area contributed by atoms with Gasteiger partial charge in [0.25, 0.3) is 5.91 Å². The van der Waals surface area contributed by atoms with Crippen molar-refractivity contribution in [1.82, 2.24) is 25.1 Å². The van der Waals surface area contributed by atoms with Crippen LogP contribution in [0.25, 0.3) is 0 Å². The number of benzene rings is 1. The number of guanidine groups is 1. The van der Waals surface area contributed by atoms with Crippen molar-refractivity contribution in [1.29, 1.82) is 0 Å². The second-order valence-corrected chi connectivity index (χ2v) is 6.14. The van der Waals surface area contributed by atoms with Gasteiger partial charge in [-0.25, -0.2) is 4.98 Å². The van der Waals surface area contributed by atoms with Crippen LogP contribution in [0.5, 0.6) is 0 Å². The molecule has 0 spiro atoms. The lowest BCUT2D eigenvalue weighted by molar-refractivity contribution is 0.0827. The highest BCUT2D eigenvalue weighted by molar-refractivity contribution is 14.0. The number of aromatic nitrogens is 2. The van der Waals surface area contributed by atoms with Gasteiger partial charge in [-0.05, 0) is 31.0 Å². The van der Waals surface area contributed by atoms with Crippen molar-refractivity contribution in [3.63, 3.8) is 0 Å². The first kappa shape index (κ1) is 22.9. The van der Waals surface area contributed by atoms with Crippen LogP contribution in [0.15, 0.2) is 48.0 Å². The summed E-state index contributed by atoms with van der Waals surface area (Å²) in [4.78, 5) is 22.3. The Morgan fingerprint density at radius 3 is 2.78 bits per heavy atom. The van der Waals surface area contributed by atoms with E-state index in [2.05, 4.69) is 20.6 Å². The average Bonchev–Trinajstić information content (AvgIpc) is 3.14. The number of rotatable bonds is 8. The minimum Gasteiger partial charge on any atom is -0.357 e. The van der Waals surface area contributed by atoms with Crippen molar-refractivity contribution in [3.8, 4) is 0 Å². The van der Waals surface area contributed by atoms with Gasteiger partial charge < -0.3 is 20.1 Å². The van der Waals surface area contributed by atoms with Gasteiger partial charge in [0.15, 0.2) is 5.96 Å². The molecule has 2 N–H and O–H groups in total. The number of aliphatic imine (C=N–C) groups is 1. The van der Waals surface area contributed by atoms with Crippen molar-refractivity contribution in [2.24, 2.45) is 4.99 Å². The SMILES string of the molecule is CCNC(=NCCc1cccc(C(=O)N(C)C)c1)NCCn1ccnc1.I. The highest BCUT2D eigenvalue weighted by Crippen LogP contribution is 2.08. The first-order valence-corrected chi connectivity index (χ1v) is 8.88. The van der Waals surface area contributed by atoms with Crippen molar-refractivity contribution in [3.05, 3.63) is 54.1 Å². The van der Waals surface area contributed by atoms with Crippen LogP contribution in [-0.4, -0.2) is 60.0 Å². The van der Waals surface area contributed by atoms with Crippen LogP contribution in [0.2, 0.25) is 0 Å². The Hall–Kier alpha value is -2.10. The summed E-state index contributed by atoms with van der Waals surface area (Å²) in [6, 6.07) is 7.74. The van der Waals surface area contributed by atoms with Crippen molar-refractivity contribution < 1.29 is 4.79 Å². The predicted octanol–water partition coefficient (Wildman–Crippen LogP) is 2.00. The van der Waals surface area contributed by atoms with E-state index < -0.39 is 0 Å². The summed E-state index contributed by atoms with van der Waals surface area (Å²) >= 11 is 0. The molecule has 1 amide bonds. The number of imidazole rings is 1. The molecule has 2 rings (SSSR count). The zero-order valence-electron chi connectivity index (χ0n) is 16.2. The maximum atomic E-state index is 12.1. The van der Waals surface area contributed by atoms with Gasteiger partial charge in [-0.3, -0.25) is 9.79 Å². The van der Waals surface area contributed by atoms with Gasteiger partial charge in [-0.1, -0.05) is 12.1 Å². The predicted molar refractivity (Wildman–Crippen MR) is 120 cm³/mol. The van der Waals surface area contributed by atoms with Crippen molar-refractivity contribution >= 4 is 35.8 Å². The monoisotopic (exact) mass is 484 g/mol. The molecule has 0 radical (unpaired) electrons. The van der Waals surface area contributed by atoms with Gasteiger partial charge in [0.1, 0.15) is 0 Å². The molecule has 1 aromatic carbocycles. The first-order chi connectivity index (χ1) is 12.6. The summed E-state index contributed by atoms with van der Waals surface area (Å²) in [5.41, 5.74) is 1.82. The highest BCUT2D eigenvalue weighted by atomic mass is 127. The molecule has 0 fully saturated rings. The lowest BCUT2D eigenvalue weighted by Gasteiger charge is -2.12. The lowest BCUT2D eigenvalue weighted by atomic mass is 10.1. The quantitative estimate of drug-likeness (QED) is 0.342. The maximum absolute atomic E-state index is 12.1. The van der Waals surface area contributed by atoms with E-state index in [0.29, 0.717) is 12.1 Å². The molecule has 0 saturated heterocycles. The van der Waals surface area contributed by atoms with Gasteiger partial charge in [0.05, 0.1) is 6.33 Å². The number of carbonyl (C=O) groups is 1. The number of hydrogen-bond acceptors (Lipinski definition) is 3. The van der Waals surface area contributed by atoms with E-state index in [1.807, 2.05) is 42.0 Å². The molecule has 0 saturated carbocycles. The number of carbonyl (C=O) groups excluding carboxylic acids is 1. The zero-order chi connectivity index (χ0) is 18.8. The van der Waals surface area contributed by atoms with Gasteiger partial charge in [-0.15, -0.1) is 24.0 Å². The second-order valence-electron chi connectivity index (χ2n) is 6.14. The van der Waals surface area contributed by atoms with Crippen molar-refractivity contribution in [2.45, 2.75) is 19.9 Å². The van der Waals surface area contributed by atoms with Gasteiger partial charge >= 0.3 is 0 Å². The van der Waals surface area contributed by atoms with E-state index in [1.54, 1.807) is 31.5 Å². The minimum atomic E-state index is 0. The smallest absolute Gasteiger partial charge is 0.253 e. The van der Waals surface area contributed by atoms with E-state index in [0.717, 1.165) is 37.6 Å². The fraction of sp³-hybridized carbons (Fsp3) is 0.421. The van der Waals surface area contributed by atoms with Gasteiger partial charge in [-0.2, -0.15) is 0 Å². The average molecular weight is 484 g/mol. The topological polar surface area (TPSA) is 74.6 Å². The molecular weight excluding hydrogens is 455 g/mol. The number of nitrogens with one attached hydrogen (secondary N) is 2. The number of amides is 1. The third-order valence-corrected chi connectivity index (χ3v) is 3.82. The highest BCUT2D eigenvalue weighted by Gasteiger charge is 2.08. The first-order valence-electron chi connectivity index (χ1n) is 8.88. The fourth-order valence-corrected chi connectivity index (χ4v) is 2.48. The third-order valence-electron chi connectivity index (χ3n) is 3.82. The number of hydrogen-bond donors (Lipinski definition) is 2. The Labute approximate surface area is 178 Å². The summed E-state index contributed by atoms with van der Waals surface area (Å²) in [6.07, 6.45) is 6.29. The standard InChI is InChI=1S/C19H28N6O.HI/c1-4-21-19(23-11-13-25-12-10-20-15-25)22-9-8-16-6-5-7-17(14-16)18(26)24(2)3;/h5-7,10,12,14-15H,4,8-9,11,13H2,1-3H3,(H2,21,22,23);1H. The second kappa shape index (κ2) is 12.3.